The summed E-state index contributed by atoms with van der Waals surface area (Å²) in [6.45, 7) is 15.3. The molecule has 3 amide bonds. The summed E-state index contributed by atoms with van der Waals surface area (Å²) in [5.41, 5.74) is 1.07. The van der Waals surface area contributed by atoms with E-state index in [2.05, 4.69) is 39.9 Å². The van der Waals surface area contributed by atoms with Crippen molar-refractivity contribution in [1.29, 1.82) is 0 Å². The van der Waals surface area contributed by atoms with Crippen molar-refractivity contribution in [1.82, 2.24) is 20.1 Å². The maximum Gasteiger partial charge on any atom is 0.326 e. The van der Waals surface area contributed by atoms with E-state index in [9.17, 15) is 4.79 Å². The predicted molar refractivity (Wildman–Crippen MR) is 184 cm³/mol. The van der Waals surface area contributed by atoms with Crippen molar-refractivity contribution in [3.8, 4) is 5.75 Å². The van der Waals surface area contributed by atoms with Crippen LogP contribution in [0.25, 0.3) is 0 Å². The average molecular weight is 665 g/mol. The van der Waals surface area contributed by atoms with Crippen LogP contribution in [-0.4, -0.2) is 58.3 Å². The Balaban J connectivity index is 1.73. The molecule has 0 aliphatic carbocycles. The van der Waals surface area contributed by atoms with Gasteiger partial charge in [-0.2, -0.15) is 0 Å². The van der Waals surface area contributed by atoms with Crippen molar-refractivity contribution in [2.45, 2.75) is 83.8 Å². The summed E-state index contributed by atoms with van der Waals surface area (Å²) in [5.74, 6) is 1.02. The Kier molecular flexibility index (Phi) is 9.45. The number of pyridine rings is 1. The molecule has 0 unspecified atom stereocenters. The van der Waals surface area contributed by atoms with E-state index in [0.717, 1.165) is 16.8 Å². The Labute approximate surface area is 282 Å². The van der Waals surface area contributed by atoms with Gasteiger partial charge in [0.15, 0.2) is 0 Å². The minimum absolute atomic E-state index is 0.0222. The lowest BCUT2D eigenvalue weighted by Crippen LogP contribution is -2.59. The van der Waals surface area contributed by atoms with Crippen molar-refractivity contribution in [3.63, 3.8) is 0 Å². The fourth-order valence-electron chi connectivity index (χ4n) is 6.50. The molecule has 3 aromatic rings. The Morgan fingerprint density at radius 1 is 0.978 bits per heavy atom. The molecule has 1 N–H and O–H groups in total. The van der Waals surface area contributed by atoms with Crippen molar-refractivity contribution in [2.24, 2.45) is 4.99 Å². The van der Waals surface area contributed by atoms with Crippen molar-refractivity contribution >= 4 is 41.0 Å². The molecule has 1 saturated heterocycles. The quantitative estimate of drug-likeness (QED) is 0.293. The largest absolute Gasteiger partial charge is 0.493 e. The molecule has 0 saturated carbocycles. The summed E-state index contributed by atoms with van der Waals surface area (Å²) in [6.07, 6.45) is 3.09. The van der Waals surface area contributed by atoms with Crippen molar-refractivity contribution in [2.75, 3.05) is 19.7 Å². The van der Waals surface area contributed by atoms with Gasteiger partial charge in [0.1, 0.15) is 22.7 Å². The number of benzene rings is 2. The standard InChI is InChI=1S/C36H43Cl2N5O3/c1-8-46-30-21-31(34(3,4)5)39-22-29(30)32-41-35(6,24-9-13-26(37)14-10-24)36(7,25-11-15-27(38)16-12-25)43(32)33(45)42-19-17-28(18-20-42)40-23(2)44/h9-16,21-22,28H,8,17-20H2,1-7H3,(H,40,44)/t35-,36+/m0/s1. The third kappa shape index (κ3) is 6.21. The number of rotatable bonds is 6. The molecule has 3 heterocycles. The van der Waals surface area contributed by atoms with E-state index in [1.165, 1.54) is 6.92 Å². The highest BCUT2D eigenvalue weighted by molar-refractivity contribution is 6.30. The van der Waals surface area contributed by atoms with Gasteiger partial charge < -0.3 is 15.0 Å². The number of ether oxygens (including phenoxy) is 1. The predicted octanol–water partition coefficient (Wildman–Crippen LogP) is 7.70. The van der Waals surface area contributed by atoms with Gasteiger partial charge in [-0.15, -0.1) is 0 Å². The van der Waals surface area contributed by atoms with Crippen LogP contribution < -0.4 is 10.1 Å². The van der Waals surface area contributed by atoms with Gasteiger partial charge in [0.05, 0.1) is 12.2 Å². The summed E-state index contributed by atoms with van der Waals surface area (Å²) >= 11 is 12.7. The van der Waals surface area contributed by atoms with Crippen LogP contribution in [0.5, 0.6) is 5.75 Å². The van der Waals surface area contributed by atoms with Crippen LogP contribution in [0.3, 0.4) is 0 Å². The zero-order chi connectivity index (χ0) is 33.4. The van der Waals surface area contributed by atoms with E-state index in [1.807, 2.05) is 71.3 Å². The number of carbonyl (C=O) groups is 2. The molecule has 46 heavy (non-hydrogen) atoms. The maximum atomic E-state index is 15.0. The van der Waals surface area contributed by atoms with Crippen LogP contribution in [0.4, 0.5) is 4.79 Å². The summed E-state index contributed by atoms with van der Waals surface area (Å²) in [5, 5.41) is 4.21. The van der Waals surface area contributed by atoms with Crippen LogP contribution in [0.15, 0.2) is 65.8 Å². The molecule has 2 aromatic carbocycles. The molecule has 244 valence electrons. The van der Waals surface area contributed by atoms with Crippen LogP contribution >= 0.6 is 23.2 Å². The number of carbonyl (C=O) groups excluding carboxylic acids is 2. The Morgan fingerprint density at radius 2 is 1.54 bits per heavy atom. The molecule has 0 radical (unpaired) electrons. The van der Waals surface area contributed by atoms with Crippen LogP contribution in [0.1, 0.15) is 83.7 Å². The number of nitrogens with one attached hydrogen (secondary N) is 1. The highest BCUT2D eigenvalue weighted by Gasteiger charge is 2.60. The second kappa shape index (κ2) is 12.9. The molecule has 2 aliphatic rings. The van der Waals surface area contributed by atoms with Crippen LogP contribution in [0, 0.1) is 0 Å². The lowest BCUT2D eigenvalue weighted by atomic mass is 9.71. The third-order valence-electron chi connectivity index (χ3n) is 9.29. The number of hydrogen-bond acceptors (Lipinski definition) is 5. The smallest absolute Gasteiger partial charge is 0.326 e. The second-order valence-electron chi connectivity index (χ2n) is 13.4. The highest BCUT2D eigenvalue weighted by atomic mass is 35.5. The summed E-state index contributed by atoms with van der Waals surface area (Å²) in [7, 11) is 0. The van der Waals surface area contributed by atoms with Gasteiger partial charge >= 0.3 is 6.03 Å². The molecule has 10 heteroatoms. The van der Waals surface area contributed by atoms with Gasteiger partial charge in [0.25, 0.3) is 0 Å². The first-order valence-corrected chi connectivity index (χ1v) is 16.6. The van der Waals surface area contributed by atoms with E-state index in [-0.39, 0.29) is 23.4 Å². The molecule has 2 atom stereocenters. The Bertz CT molecular complexity index is 1630. The first-order valence-electron chi connectivity index (χ1n) is 15.8. The molecule has 5 rings (SSSR count). The number of nitrogens with zero attached hydrogens (tertiary/aromatic N) is 4. The molecular weight excluding hydrogens is 621 g/mol. The van der Waals surface area contributed by atoms with Crippen LogP contribution in [-0.2, 0) is 21.3 Å². The number of hydrogen-bond donors (Lipinski definition) is 1. The lowest BCUT2D eigenvalue weighted by Gasteiger charge is -2.47. The summed E-state index contributed by atoms with van der Waals surface area (Å²) < 4.78 is 6.24. The summed E-state index contributed by atoms with van der Waals surface area (Å²) in [4.78, 5) is 40.8. The van der Waals surface area contributed by atoms with Gasteiger partial charge in [-0.1, -0.05) is 68.2 Å². The molecule has 1 aromatic heterocycles. The van der Waals surface area contributed by atoms with E-state index in [0.29, 0.717) is 59.7 Å². The number of aliphatic imine (C=N–C) groups is 1. The SMILES string of the molecule is CCOc1cc(C(C)(C)C)ncc1C1=N[C@@](C)(c2ccc(Cl)cc2)[C@@](C)(c2ccc(Cl)cc2)N1C(=O)N1CCC(NC(C)=O)CC1. The molecule has 2 aliphatic heterocycles. The van der Waals surface area contributed by atoms with E-state index < -0.39 is 11.1 Å². The average Bonchev–Trinajstić information content (AvgIpc) is 3.25. The lowest BCUT2D eigenvalue weighted by molar-refractivity contribution is -0.119. The fourth-order valence-corrected chi connectivity index (χ4v) is 6.75. The number of likely N-dealkylation sites (tertiary alicyclic amines) is 1. The first kappa shape index (κ1) is 33.7. The fraction of sp³-hybridized carbons (Fsp3) is 0.444. The van der Waals surface area contributed by atoms with E-state index in [1.54, 1.807) is 6.20 Å². The second-order valence-corrected chi connectivity index (χ2v) is 14.3. The third-order valence-corrected chi connectivity index (χ3v) is 9.79. The number of piperidine rings is 1. The van der Waals surface area contributed by atoms with Gasteiger partial charge in [-0.3, -0.25) is 19.7 Å². The topological polar surface area (TPSA) is 87.1 Å². The molecule has 1 fully saturated rings. The minimum atomic E-state index is -1.02. The zero-order valence-electron chi connectivity index (χ0n) is 27.7. The molecule has 0 bridgehead atoms. The van der Waals surface area contributed by atoms with Gasteiger partial charge in [-0.25, -0.2) is 4.79 Å². The van der Waals surface area contributed by atoms with E-state index >= 15 is 4.79 Å². The normalized spacial score (nSPS) is 22.1. The van der Waals surface area contributed by atoms with Crippen molar-refractivity contribution in [3.05, 3.63) is 93.2 Å². The van der Waals surface area contributed by atoms with Gasteiger partial charge in [0, 0.05) is 59.5 Å². The van der Waals surface area contributed by atoms with Crippen LogP contribution in [0.2, 0.25) is 10.0 Å². The van der Waals surface area contributed by atoms with E-state index in [4.69, 9.17) is 37.9 Å². The number of amides is 3. The highest BCUT2D eigenvalue weighted by Crippen LogP contribution is 2.54. The van der Waals surface area contributed by atoms with Crippen molar-refractivity contribution < 1.29 is 14.3 Å². The number of halogens is 2. The number of urea groups is 1. The number of aromatic nitrogens is 1. The van der Waals surface area contributed by atoms with Gasteiger partial charge in [-0.05, 0) is 69.0 Å². The molecule has 0 spiro atoms. The maximum absolute atomic E-state index is 15.0. The monoisotopic (exact) mass is 663 g/mol. The Hall–Kier alpha value is -3.62. The number of amidine groups is 1. The molecular formula is C36H43Cl2N5O3. The summed E-state index contributed by atoms with van der Waals surface area (Å²) in [6, 6.07) is 17.0. The first-order chi connectivity index (χ1) is 21.7. The zero-order valence-corrected chi connectivity index (χ0v) is 29.2. The van der Waals surface area contributed by atoms with Gasteiger partial charge in [0.2, 0.25) is 5.91 Å². The molecule has 8 nitrogen and oxygen atoms in total. The minimum Gasteiger partial charge on any atom is -0.493 e. The Morgan fingerprint density at radius 3 is 2.07 bits per heavy atom.